The summed E-state index contributed by atoms with van der Waals surface area (Å²) in [5.74, 6) is 1.57. The highest BCUT2D eigenvalue weighted by Crippen LogP contribution is 2.33. The molecular weight excluding hydrogens is 440 g/mol. The molecular formula is C28H32N4O3. The zero-order valence-corrected chi connectivity index (χ0v) is 20.4. The third-order valence-corrected chi connectivity index (χ3v) is 6.88. The first-order valence-electron chi connectivity index (χ1n) is 12.6. The summed E-state index contributed by atoms with van der Waals surface area (Å²) in [5.41, 5.74) is 4.26. The van der Waals surface area contributed by atoms with Gasteiger partial charge in [0.1, 0.15) is 0 Å². The molecule has 1 saturated heterocycles. The van der Waals surface area contributed by atoms with Crippen LogP contribution in [0.2, 0.25) is 0 Å². The van der Waals surface area contributed by atoms with Crippen LogP contribution >= 0.6 is 0 Å². The van der Waals surface area contributed by atoms with Gasteiger partial charge in [0.25, 0.3) is 5.89 Å². The molecule has 7 nitrogen and oxygen atoms in total. The average Bonchev–Trinajstić information content (AvgIpc) is 3.65. The molecule has 1 aliphatic rings. The Bertz CT molecular complexity index is 1230. The van der Waals surface area contributed by atoms with E-state index in [1.54, 1.807) is 0 Å². The highest BCUT2D eigenvalue weighted by atomic mass is 16.5. The van der Waals surface area contributed by atoms with Crippen LogP contribution in [-0.2, 0) is 6.42 Å². The highest BCUT2D eigenvalue weighted by molar-refractivity contribution is 5.69. The molecule has 35 heavy (non-hydrogen) atoms. The van der Waals surface area contributed by atoms with Crippen LogP contribution in [0.3, 0.4) is 0 Å². The van der Waals surface area contributed by atoms with Crippen molar-refractivity contribution in [2.75, 3.05) is 13.1 Å². The zero-order chi connectivity index (χ0) is 24.2. The van der Waals surface area contributed by atoms with Gasteiger partial charge in [0.05, 0.1) is 6.10 Å². The van der Waals surface area contributed by atoms with Crippen molar-refractivity contribution in [1.82, 2.24) is 20.2 Å². The van der Waals surface area contributed by atoms with E-state index in [4.69, 9.17) is 9.05 Å². The van der Waals surface area contributed by atoms with Gasteiger partial charge in [0.15, 0.2) is 11.5 Å². The summed E-state index contributed by atoms with van der Waals surface area (Å²) in [4.78, 5) is 7.01. The molecule has 5 rings (SSSR count). The number of aliphatic hydroxyl groups is 1. The first kappa shape index (κ1) is 23.5. The lowest BCUT2D eigenvalue weighted by Gasteiger charge is -2.26. The van der Waals surface area contributed by atoms with Crippen molar-refractivity contribution in [3.63, 3.8) is 0 Å². The number of hydrogen-bond donors (Lipinski definition) is 1. The molecule has 1 fully saturated rings. The maximum absolute atomic E-state index is 10.8. The van der Waals surface area contributed by atoms with Crippen molar-refractivity contribution in [3.8, 4) is 34.3 Å². The molecule has 3 heterocycles. The second-order valence-electron chi connectivity index (χ2n) is 9.22. The molecule has 2 aromatic carbocycles. The monoisotopic (exact) mass is 472 g/mol. The van der Waals surface area contributed by atoms with Crippen LogP contribution in [-0.4, -0.2) is 44.4 Å². The number of β-amino-alcohol motifs (C(OH)–C–C–N with tert-alkyl or cyclic N) is 1. The Hall–Kier alpha value is -3.29. The van der Waals surface area contributed by atoms with Crippen LogP contribution in [0.5, 0.6) is 0 Å². The van der Waals surface area contributed by atoms with Crippen molar-refractivity contribution < 1.29 is 14.2 Å². The molecule has 1 N–H and O–H groups in total. The molecule has 4 aromatic rings. The minimum Gasteiger partial charge on any atom is -0.387 e. The second-order valence-corrected chi connectivity index (χ2v) is 9.22. The lowest BCUT2D eigenvalue weighted by molar-refractivity contribution is 0.105. The van der Waals surface area contributed by atoms with E-state index in [2.05, 4.69) is 34.0 Å². The van der Waals surface area contributed by atoms with Gasteiger partial charge in [-0.25, -0.2) is 0 Å². The minimum atomic E-state index is -0.514. The van der Waals surface area contributed by atoms with Gasteiger partial charge in [0, 0.05) is 29.3 Å². The topological polar surface area (TPSA) is 88.4 Å². The fourth-order valence-corrected chi connectivity index (χ4v) is 4.99. The Balaban J connectivity index is 1.34. The van der Waals surface area contributed by atoms with Crippen LogP contribution in [0, 0.1) is 0 Å². The van der Waals surface area contributed by atoms with Gasteiger partial charge in [0.2, 0.25) is 5.82 Å². The third-order valence-electron chi connectivity index (χ3n) is 6.88. The zero-order valence-electron chi connectivity index (χ0n) is 20.4. The molecule has 2 aromatic heterocycles. The molecule has 0 saturated carbocycles. The van der Waals surface area contributed by atoms with E-state index in [-0.39, 0.29) is 0 Å². The molecule has 0 aliphatic carbocycles. The van der Waals surface area contributed by atoms with E-state index in [0.29, 0.717) is 30.0 Å². The number of nitrogens with zero attached hydrogens (tertiary/aromatic N) is 4. The molecule has 0 bridgehead atoms. The van der Waals surface area contributed by atoms with Crippen molar-refractivity contribution in [1.29, 1.82) is 0 Å². The summed E-state index contributed by atoms with van der Waals surface area (Å²) in [5, 5.41) is 19.2. The van der Waals surface area contributed by atoms with E-state index >= 15 is 0 Å². The Kier molecular flexibility index (Phi) is 7.06. The van der Waals surface area contributed by atoms with E-state index in [1.807, 2.05) is 54.6 Å². The number of aliphatic hydroxyl groups excluding tert-OH is 1. The predicted octanol–water partition coefficient (Wildman–Crippen LogP) is 5.92. The van der Waals surface area contributed by atoms with E-state index < -0.39 is 6.10 Å². The fraction of sp³-hybridized carbons (Fsp3) is 0.393. The molecule has 2 unspecified atom stereocenters. The normalized spacial score (nSPS) is 17.2. The third kappa shape index (κ3) is 4.92. The molecule has 7 heteroatoms. The first-order valence-corrected chi connectivity index (χ1v) is 12.6. The number of hydrogen-bond acceptors (Lipinski definition) is 7. The van der Waals surface area contributed by atoms with Gasteiger partial charge in [-0.2, -0.15) is 4.98 Å². The summed E-state index contributed by atoms with van der Waals surface area (Å²) in [6.45, 7) is 6.07. The second kappa shape index (κ2) is 10.5. The van der Waals surface area contributed by atoms with Crippen molar-refractivity contribution in [2.24, 2.45) is 0 Å². The van der Waals surface area contributed by atoms with Crippen LogP contribution < -0.4 is 0 Å². The summed E-state index contributed by atoms with van der Waals surface area (Å²) in [6, 6.07) is 18.3. The largest absolute Gasteiger partial charge is 0.387 e. The first-order chi connectivity index (χ1) is 17.2. The molecule has 1 aliphatic heterocycles. The number of aromatic nitrogens is 3. The van der Waals surface area contributed by atoms with Crippen LogP contribution in [0.25, 0.3) is 34.3 Å². The van der Waals surface area contributed by atoms with Crippen LogP contribution in [0.4, 0.5) is 0 Å². The molecule has 2 atom stereocenters. The van der Waals surface area contributed by atoms with Gasteiger partial charge in [-0.3, -0.25) is 4.90 Å². The van der Waals surface area contributed by atoms with Gasteiger partial charge in [-0.05, 0) is 37.8 Å². The molecule has 0 amide bonds. The quantitative estimate of drug-likeness (QED) is 0.323. The maximum atomic E-state index is 10.8. The van der Waals surface area contributed by atoms with E-state index in [1.165, 1.54) is 12.8 Å². The summed E-state index contributed by atoms with van der Waals surface area (Å²) >= 11 is 0. The van der Waals surface area contributed by atoms with E-state index in [9.17, 15) is 5.11 Å². The standard InChI is InChI=1S/C28H32N4O3/c1-3-9-23-25(30-34-26(23)20-10-6-5-7-11-20)28-29-27(31-35-28)21-15-13-19(14-16-21)24(33)18-32-17-8-12-22(32)4-2/h5-7,10-11,13-16,22,24,33H,3-4,8-9,12,17-18H2,1-2H3. The summed E-state index contributed by atoms with van der Waals surface area (Å²) < 4.78 is 11.3. The Morgan fingerprint density at radius 1 is 1.00 bits per heavy atom. The van der Waals surface area contributed by atoms with E-state index in [0.717, 1.165) is 53.8 Å². The minimum absolute atomic E-state index is 0.345. The smallest absolute Gasteiger partial charge is 0.280 e. The van der Waals surface area contributed by atoms with Gasteiger partial charge < -0.3 is 14.2 Å². The fourth-order valence-electron chi connectivity index (χ4n) is 4.99. The average molecular weight is 473 g/mol. The highest BCUT2D eigenvalue weighted by Gasteiger charge is 2.26. The maximum Gasteiger partial charge on any atom is 0.280 e. The number of benzene rings is 2. The number of rotatable bonds is 9. The predicted molar refractivity (Wildman–Crippen MR) is 135 cm³/mol. The van der Waals surface area contributed by atoms with Crippen molar-refractivity contribution >= 4 is 0 Å². The van der Waals surface area contributed by atoms with Gasteiger partial charge >= 0.3 is 0 Å². The van der Waals surface area contributed by atoms with Gasteiger partial charge in [-0.15, -0.1) is 0 Å². The molecule has 0 radical (unpaired) electrons. The van der Waals surface area contributed by atoms with Crippen molar-refractivity contribution in [2.45, 2.75) is 58.1 Å². The molecule has 0 spiro atoms. The number of likely N-dealkylation sites (tertiary alicyclic amines) is 1. The SMILES string of the molecule is CCCc1c(-c2nc(-c3ccc(C(O)CN4CCCC4CC)cc3)no2)noc1-c1ccccc1. The van der Waals surface area contributed by atoms with Gasteiger partial charge in [-0.1, -0.05) is 85.2 Å². The molecule has 182 valence electrons. The Morgan fingerprint density at radius 2 is 1.80 bits per heavy atom. The lowest BCUT2D eigenvalue weighted by atomic mass is 10.0. The Morgan fingerprint density at radius 3 is 2.54 bits per heavy atom. The summed E-state index contributed by atoms with van der Waals surface area (Å²) in [6.07, 6.45) is 4.78. The van der Waals surface area contributed by atoms with Crippen LogP contribution in [0.15, 0.2) is 63.6 Å². The Labute approximate surface area is 205 Å². The summed E-state index contributed by atoms with van der Waals surface area (Å²) in [7, 11) is 0. The van der Waals surface area contributed by atoms with Crippen molar-refractivity contribution in [3.05, 3.63) is 65.7 Å². The van der Waals surface area contributed by atoms with Crippen LogP contribution in [0.1, 0.15) is 56.8 Å². The lowest BCUT2D eigenvalue weighted by Crippen LogP contribution is -2.32.